The highest BCUT2D eigenvalue weighted by Gasteiger charge is 2.29. The summed E-state index contributed by atoms with van der Waals surface area (Å²) < 4.78 is 2.39. The molecule has 1 aromatic heterocycles. The Morgan fingerprint density at radius 2 is 1.90 bits per heavy atom. The molecule has 3 nitrogen and oxygen atoms in total. The van der Waals surface area contributed by atoms with Crippen LogP contribution in [-0.2, 0) is 0 Å². The van der Waals surface area contributed by atoms with E-state index >= 15 is 0 Å². The molecule has 20 heavy (non-hydrogen) atoms. The first-order valence-electron chi connectivity index (χ1n) is 7.08. The van der Waals surface area contributed by atoms with Gasteiger partial charge in [0.15, 0.2) is 0 Å². The average molecular weight is 263 g/mol. The van der Waals surface area contributed by atoms with Crippen LogP contribution in [0.1, 0.15) is 24.4 Å². The van der Waals surface area contributed by atoms with E-state index in [9.17, 15) is 0 Å². The minimum absolute atomic E-state index is 0.596. The summed E-state index contributed by atoms with van der Waals surface area (Å²) in [5.41, 5.74) is 11.4. The summed E-state index contributed by atoms with van der Waals surface area (Å²) in [6.45, 7) is 2.07. The highest BCUT2D eigenvalue weighted by Crippen LogP contribution is 2.42. The fraction of sp³-hybridized carbons (Fsp3) is 0.235. The maximum Gasteiger partial charge on any atom is 0.141 e. The van der Waals surface area contributed by atoms with Gasteiger partial charge in [-0.15, -0.1) is 0 Å². The van der Waals surface area contributed by atoms with E-state index in [1.54, 1.807) is 0 Å². The topological polar surface area (TPSA) is 43.8 Å². The third-order valence-corrected chi connectivity index (χ3v) is 4.12. The van der Waals surface area contributed by atoms with Crippen LogP contribution in [0.5, 0.6) is 0 Å². The lowest BCUT2D eigenvalue weighted by Crippen LogP contribution is -2.00. The van der Waals surface area contributed by atoms with Crippen LogP contribution in [0.3, 0.4) is 0 Å². The Balaban J connectivity index is 2.04. The molecular formula is C17H17N3. The first-order chi connectivity index (χ1) is 9.75. The second kappa shape index (κ2) is 4.10. The fourth-order valence-corrected chi connectivity index (χ4v) is 2.83. The Bertz CT molecular complexity index is 797. The van der Waals surface area contributed by atoms with Gasteiger partial charge in [-0.25, -0.2) is 4.98 Å². The van der Waals surface area contributed by atoms with Gasteiger partial charge in [-0.3, -0.25) is 0 Å². The number of benzene rings is 2. The Morgan fingerprint density at radius 3 is 2.70 bits per heavy atom. The van der Waals surface area contributed by atoms with Gasteiger partial charge in [-0.05, 0) is 43.5 Å². The lowest BCUT2D eigenvalue weighted by molar-refractivity contribution is 0.775. The minimum atomic E-state index is 0.596. The predicted molar refractivity (Wildman–Crippen MR) is 82.6 cm³/mol. The average Bonchev–Trinajstić information content (AvgIpc) is 3.22. The van der Waals surface area contributed by atoms with Gasteiger partial charge in [0.2, 0.25) is 0 Å². The van der Waals surface area contributed by atoms with Crippen molar-refractivity contribution in [1.82, 2.24) is 9.55 Å². The van der Waals surface area contributed by atoms with Gasteiger partial charge in [-0.1, -0.05) is 24.3 Å². The molecule has 100 valence electrons. The first-order valence-corrected chi connectivity index (χ1v) is 7.08. The minimum Gasteiger partial charge on any atom is -0.398 e. The monoisotopic (exact) mass is 263 g/mol. The van der Waals surface area contributed by atoms with Crippen molar-refractivity contribution in [2.75, 3.05) is 5.73 Å². The van der Waals surface area contributed by atoms with E-state index in [2.05, 4.69) is 35.8 Å². The largest absolute Gasteiger partial charge is 0.398 e. The van der Waals surface area contributed by atoms with E-state index in [0.717, 1.165) is 28.2 Å². The molecule has 2 N–H and O–H groups in total. The van der Waals surface area contributed by atoms with Gasteiger partial charge in [-0.2, -0.15) is 0 Å². The molecule has 1 aliphatic rings. The molecule has 0 amide bonds. The second-order valence-electron chi connectivity index (χ2n) is 5.55. The third-order valence-electron chi connectivity index (χ3n) is 4.12. The number of imidazole rings is 1. The van der Waals surface area contributed by atoms with Crippen molar-refractivity contribution in [2.45, 2.75) is 25.8 Å². The van der Waals surface area contributed by atoms with Crippen molar-refractivity contribution >= 4 is 16.7 Å². The summed E-state index contributed by atoms with van der Waals surface area (Å²) in [7, 11) is 0. The van der Waals surface area contributed by atoms with Gasteiger partial charge in [0.1, 0.15) is 5.82 Å². The zero-order chi connectivity index (χ0) is 13.7. The number of aromatic nitrogens is 2. The van der Waals surface area contributed by atoms with Gasteiger partial charge >= 0.3 is 0 Å². The van der Waals surface area contributed by atoms with E-state index < -0.39 is 0 Å². The molecule has 1 heterocycles. The maximum absolute atomic E-state index is 6.06. The standard InChI is InChI=1S/C17H17N3/c1-11-13(5-4-6-14(11)18)17-19-15-7-2-3-8-16(15)20(17)12-9-10-12/h2-8,12H,9-10,18H2,1H3. The zero-order valence-electron chi connectivity index (χ0n) is 11.5. The SMILES string of the molecule is Cc1c(N)cccc1-c1nc2ccccc2n1C1CC1. The number of fused-ring (bicyclic) bond motifs is 1. The normalized spacial score (nSPS) is 14.8. The van der Waals surface area contributed by atoms with Crippen LogP contribution in [-0.4, -0.2) is 9.55 Å². The van der Waals surface area contributed by atoms with Crippen molar-refractivity contribution in [2.24, 2.45) is 0 Å². The Morgan fingerprint density at radius 1 is 1.10 bits per heavy atom. The summed E-state index contributed by atoms with van der Waals surface area (Å²) in [5, 5.41) is 0. The van der Waals surface area contributed by atoms with Crippen molar-refractivity contribution < 1.29 is 0 Å². The molecule has 0 atom stereocenters. The van der Waals surface area contributed by atoms with Crippen molar-refractivity contribution in [3.05, 3.63) is 48.0 Å². The van der Waals surface area contributed by atoms with Crippen molar-refractivity contribution in [3.63, 3.8) is 0 Å². The summed E-state index contributed by atoms with van der Waals surface area (Å²) in [4.78, 5) is 4.85. The molecule has 3 aromatic rings. The van der Waals surface area contributed by atoms with Gasteiger partial charge in [0, 0.05) is 17.3 Å². The van der Waals surface area contributed by atoms with Crippen LogP contribution in [0, 0.1) is 6.92 Å². The maximum atomic E-state index is 6.06. The van der Waals surface area contributed by atoms with Crippen molar-refractivity contribution in [1.29, 1.82) is 0 Å². The smallest absolute Gasteiger partial charge is 0.141 e. The highest BCUT2D eigenvalue weighted by molar-refractivity contribution is 5.82. The highest BCUT2D eigenvalue weighted by atomic mass is 15.1. The van der Waals surface area contributed by atoms with Gasteiger partial charge < -0.3 is 10.3 Å². The number of hydrogen-bond acceptors (Lipinski definition) is 2. The summed E-state index contributed by atoms with van der Waals surface area (Å²) in [5.74, 6) is 1.05. The first kappa shape index (κ1) is 11.5. The number of anilines is 1. The number of hydrogen-bond donors (Lipinski definition) is 1. The molecule has 0 spiro atoms. The van der Waals surface area contributed by atoms with Gasteiger partial charge in [0.25, 0.3) is 0 Å². The molecule has 0 saturated heterocycles. The van der Waals surface area contributed by atoms with Crippen molar-refractivity contribution in [3.8, 4) is 11.4 Å². The van der Waals surface area contributed by atoms with E-state index in [1.165, 1.54) is 18.4 Å². The molecule has 0 bridgehead atoms. The molecule has 0 unspecified atom stereocenters. The summed E-state index contributed by atoms with van der Waals surface area (Å²) >= 11 is 0. The number of nitrogens with zero attached hydrogens (tertiary/aromatic N) is 2. The van der Waals surface area contributed by atoms with E-state index in [4.69, 9.17) is 10.7 Å². The second-order valence-corrected chi connectivity index (χ2v) is 5.55. The number of para-hydroxylation sites is 2. The van der Waals surface area contributed by atoms with Crippen LogP contribution < -0.4 is 5.73 Å². The van der Waals surface area contributed by atoms with Crippen LogP contribution in [0.15, 0.2) is 42.5 Å². The molecule has 1 aliphatic carbocycles. The molecule has 0 aliphatic heterocycles. The molecule has 3 heteroatoms. The molecule has 2 aromatic carbocycles. The summed E-state index contributed by atoms with van der Waals surface area (Å²) in [6, 6.07) is 15.0. The Hall–Kier alpha value is -2.29. The lowest BCUT2D eigenvalue weighted by atomic mass is 10.1. The molecule has 0 radical (unpaired) electrons. The van der Waals surface area contributed by atoms with Gasteiger partial charge in [0.05, 0.1) is 11.0 Å². The van der Waals surface area contributed by atoms with Crippen LogP contribution >= 0.6 is 0 Å². The van der Waals surface area contributed by atoms with E-state index in [1.807, 2.05) is 18.2 Å². The molecule has 1 saturated carbocycles. The quantitative estimate of drug-likeness (QED) is 0.712. The molecule has 4 rings (SSSR count). The van der Waals surface area contributed by atoms with Crippen LogP contribution in [0.2, 0.25) is 0 Å². The Kier molecular flexibility index (Phi) is 2.36. The summed E-state index contributed by atoms with van der Waals surface area (Å²) in [6.07, 6.45) is 2.49. The number of nitrogens with two attached hydrogens (primary N) is 1. The van der Waals surface area contributed by atoms with E-state index in [-0.39, 0.29) is 0 Å². The third kappa shape index (κ3) is 1.63. The molecular weight excluding hydrogens is 246 g/mol. The lowest BCUT2D eigenvalue weighted by Gasteiger charge is -2.11. The Labute approximate surface area is 118 Å². The predicted octanol–water partition coefficient (Wildman–Crippen LogP) is 3.93. The van der Waals surface area contributed by atoms with Crippen LogP contribution in [0.25, 0.3) is 22.4 Å². The number of rotatable bonds is 2. The number of nitrogen functional groups attached to an aromatic ring is 1. The zero-order valence-corrected chi connectivity index (χ0v) is 11.5. The molecule has 1 fully saturated rings. The van der Waals surface area contributed by atoms with Crippen LogP contribution in [0.4, 0.5) is 5.69 Å². The van der Waals surface area contributed by atoms with E-state index in [0.29, 0.717) is 6.04 Å². The fourth-order valence-electron chi connectivity index (χ4n) is 2.83.